The Balaban J connectivity index is 1.35. The van der Waals surface area contributed by atoms with E-state index in [9.17, 15) is 8.78 Å². The van der Waals surface area contributed by atoms with Crippen molar-refractivity contribution < 1.29 is 8.78 Å². The lowest BCUT2D eigenvalue weighted by atomic mass is 10.0. The summed E-state index contributed by atoms with van der Waals surface area (Å²) in [5, 5.41) is 4.98. The first-order valence-corrected chi connectivity index (χ1v) is 10.0. The molecule has 0 amide bonds. The Bertz CT molecular complexity index is 1280. The number of benzene rings is 1. The molecular weight excluding hydrogens is 386 g/mol. The summed E-state index contributed by atoms with van der Waals surface area (Å²) in [6.07, 6.45) is 10.4. The van der Waals surface area contributed by atoms with Crippen LogP contribution < -0.4 is 4.90 Å². The standard InChI is InChI=1S/C22H18F2N6/c23-18-6-17-21(7-19(18)24)26-12-27-22(17)29-4-3-20-14(10-29)5-13(8-25-20)15-9-28-30(11-15)16-1-2-16/h5-9,11-12,16H,1-4,10H2. The number of halogens is 2. The summed E-state index contributed by atoms with van der Waals surface area (Å²) in [6, 6.07) is 4.98. The lowest BCUT2D eigenvalue weighted by Gasteiger charge is -2.30. The molecule has 0 radical (unpaired) electrons. The van der Waals surface area contributed by atoms with Gasteiger partial charge in [-0.1, -0.05) is 0 Å². The molecule has 2 aliphatic rings. The maximum Gasteiger partial charge on any atom is 0.161 e. The van der Waals surface area contributed by atoms with E-state index in [-0.39, 0.29) is 0 Å². The highest BCUT2D eigenvalue weighted by atomic mass is 19.2. The lowest BCUT2D eigenvalue weighted by molar-refractivity contribution is 0.510. The molecule has 0 N–H and O–H groups in total. The van der Waals surface area contributed by atoms with Crippen molar-refractivity contribution in [2.75, 3.05) is 11.4 Å². The molecule has 0 bridgehead atoms. The molecule has 1 aliphatic heterocycles. The highest BCUT2D eigenvalue weighted by Gasteiger charge is 2.25. The lowest BCUT2D eigenvalue weighted by Crippen LogP contribution is -2.31. The molecule has 0 saturated heterocycles. The third kappa shape index (κ3) is 2.91. The molecule has 0 atom stereocenters. The van der Waals surface area contributed by atoms with Gasteiger partial charge in [-0.3, -0.25) is 9.67 Å². The number of rotatable bonds is 3. The summed E-state index contributed by atoms with van der Waals surface area (Å²) in [7, 11) is 0. The summed E-state index contributed by atoms with van der Waals surface area (Å²) in [4.78, 5) is 15.2. The molecule has 1 aromatic carbocycles. The minimum atomic E-state index is -0.906. The van der Waals surface area contributed by atoms with Gasteiger partial charge in [-0.05, 0) is 30.5 Å². The number of nitrogens with zero attached hydrogens (tertiary/aromatic N) is 6. The van der Waals surface area contributed by atoms with E-state index in [4.69, 9.17) is 0 Å². The Labute approximate surface area is 171 Å². The second-order valence-electron chi connectivity index (χ2n) is 7.92. The fourth-order valence-corrected chi connectivity index (χ4v) is 4.08. The number of fused-ring (bicyclic) bond motifs is 2. The minimum absolute atomic E-state index is 0.393. The third-order valence-electron chi connectivity index (χ3n) is 5.85. The van der Waals surface area contributed by atoms with Crippen molar-refractivity contribution in [1.82, 2.24) is 24.7 Å². The Morgan fingerprint density at radius 3 is 2.67 bits per heavy atom. The molecule has 6 nitrogen and oxygen atoms in total. The van der Waals surface area contributed by atoms with Crippen molar-refractivity contribution in [3.05, 3.63) is 66.0 Å². The smallest absolute Gasteiger partial charge is 0.161 e. The first kappa shape index (κ1) is 17.4. The van der Waals surface area contributed by atoms with E-state index >= 15 is 0 Å². The predicted molar refractivity (Wildman–Crippen MR) is 108 cm³/mol. The average molecular weight is 404 g/mol. The van der Waals surface area contributed by atoms with Crippen LogP contribution in [0.2, 0.25) is 0 Å². The zero-order valence-electron chi connectivity index (χ0n) is 16.1. The maximum atomic E-state index is 13.9. The molecule has 1 aliphatic carbocycles. The number of pyridine rings is 1. The van der Waals surface area contributed by atoms with Gasteiger partial charge in [-0.15, -0.1) is 0 Å². The summed E-state index contributed by atoms with van der Waals surface area (Å²) in [5.41, 5.74) is 4.64. The van der Waals surface area contributed by atoms with Gasteiger partial charge in [0.1, 0.15) is 12.1 Å². The summed E-state index contributed by atoms with van der Waals surface area (Å²) in [6.45, 7) is 1.29. The fourth-order valence-electron chi connectivity index (χ4n) is 4.08. The van der Waals surface area contributed by atoms with Crippen molar-refractivity contribution in [2.24, 2.45) is 0 Å². The second kappa shape index (κ2) is 6.55. The van der Waals surface area contributed by atoms with Gasteiger partial charge in [-0.25, -0.2) is 18.7 Å². The van der Waals surface area contributed by atoms with Crippen LogP contribution in [-0.4, -0.2) is 31.3 Å². The van der Waals surface area contributed by atoms with Gasteiger partial charge in [0.25, 0.3) is 0 Å². The zero-order valence-corrected chi connectivity index (χ0v) is 16.1. The van der Waals surface area contributed by atoms with E-state index in [0.717, 1.165) is 34.9 Å². The molecule has 1 fully saturated rings. The van der Waals surface area contributed by atoms with Crippen LogP contribution in [0.5, 0.6) is 0 Å². The van der Waals surface area contributed by atoms with Crippen LogP contribution in [0, 0.1) is 11.6 Å². The predicted octanol–water partition coefficient (Wildman–Crippen LogP) is 4.06. The van der Waals surface area contributed by atoms with Crippen molar-refractivity contribution in [3.63, 3.8) is 0 Å². The van der Waals surface area contributed by atoms with Gasteiger partial charge >= 0.3 is 0 Å². The topological polar surface area (TPSA) is 59.7 Å². The van der Waals surface area contributed by atoms with Crippen molar-refractivity contribution in [2.45, 2.75) is 31.8 Å². The van der Waals surface area contributed by atoms with Crippen LogP contribution in [-0.2, 0) is 13.0 Å². The average Bonchev–Trinajstić information content (AvgIpc) is 3.50. The molecule has 3 aromatic heterocycles. The summed E-state index contributed by atoms with van der Waals surface area (Å²) >= 11 is 0. The van der Waals surface area contributed by atoms with Crippen molar-refractivity contribution in [3.8, 4) is 11.1 Å². The highest BCUT2D eigenvalue weighted by molar-refractivity contribution is 5.89. The molecule has 150 valence electrons. The van der Waals surface area contributed by atoms with Gasteiger partial charge in [0.05, 0.1) is 17.8 Å². The number of hydrogen-bond donors (Lipinski definition) is 0. The highest BCUT2D eigenvalue weighted by Crippen LogP contribution is 2.35. The van der Waals surface area contributed by atoms with E-state index in [0.29, 0.717) is 35.9 Å². The summed E-state index contributed by atoms with van der Waals surface area (Å²) < 4.78 is 29.5. The van der Waals surface area contributed by atoms with Gasteiger partial charge in [0.15, 0.2) is 11.6 Å². The van der Waals surface area contributed by atoms with Crippen LogP contribution in [0.15, 0.2) is 43.1 Å². The molecule has 1 saturated carbocycles. The first-order valence-electron chi connectivity index (χ1n) is 10.0. The van der Waals surface area contributed by atoms with Crippen LogP contribution in [0.4, 0.5) is 14.6 Å². The van der Waals surface area contributed by atoms with Crippen molar-refractivity contribution in [1.29, 1.82) is 0 Å². The summed E-state index contributed by atoms with van der Waals surface area (Å²) in [5.74, 6) is -1.19. The maximum absolute atomic E-state index is 13.9. The van der Waals surface area contributed by atoms with E-state index in [1.54, 1.807) is 0 Å². The molecule has 30 heavy (non-hydrogen) atoms. The molecule has 6 rings (SSSR count). The molecular formula is C22H18F2N6. The van der Waals surface area contributed by atoms with E-state index in [1.807, 2.05) is 17.1 Å². The Kier molecular flexibility index (Phi) is 3.81. The SMILES string of the molecule is Fc1cc2ncnc(N3CCc4ncc(-c5cnn(C6CC6)c5)cc4C3)c2cc1F. The fraction of sp³-hybridized carbons (Fsp3) is 0.273. The second-order valence-corrected chi connectivity index (χ2v) is 7.92. The van der Waals surface area contributed by atoms with Gasteiger partial charge in [0, 0.05) is 60.2 Å². The largest absolute Gasteiger partial charge is 0.351 e. The van der Waals surface area contributed by atoms with Gasteiger partial charge < -0.3 is 4.90 Å². The molecule has 4 heterocycles. The molecule has 0 unspecified atom stereocenters. The Morgan fingerprint density at radius 1 is 0.933 bits per heavy atom. The number of anilines is 1. The molecule has 0 spiro atoms. The Hall–Kier alpha value is -3.42. The monoisotopic (exact) mass is 404 g/mol. The van der Waals surface area contributed by atoms with Gasteiger partial charge in [-0.2, -0.15) is 5.10 Å². The molecule has 4 aromatic rings. The zero-order chi connectivity index (χ0) is 20.2. The van der Waals surface area contributed by atoms with Crippen LogP contribution in [0.1, 0.15) is 30.1 Å². The minimum Gasteiger partial charge on any atom is -0.351 e. The molecule has 8 heteroatoms. The van der Waals surface area contributed by atoms with E-state index < -0.39 is 11.6 Å². The van der Waals surface area contributed by atoms with E-state index in [2.05, 4.69) is 37.2 Å². The number of aromatic nitrogens is 5. The number of hydrogen-bond acceptors (Lipinski definition) is 5. The van der Waals surface area contributed by atoms with E-state index in [1.165, 1.54) is 25.2 Å². The van der Waals surface area contributed by atoms with Crippen LogP contribution in [0.25, 0.3) is 22.0 Å². The van der Waals surface area contributed by atoms with Gasteiger partial charge in [0.2, 0.25) is 0 Å². The Morgan fingerprint density at radius 2 is 1.80 bits per heavy atom. The third-order valence-corrected chi connectivity index (χ3v) is 5.85. The first-order chi connectivity index (χ1) is 14.7. The van der Waals surface area contributed by atoms with Crippen LogP contribution >= 0.6 is 0 Å². The normalized spacial score (nSPS) is 16.1. The quantitative estimate of drug-likeness (QED) is 0.515. The van der Waals surface area contributed by atoms with Crippen molar-refractivity contribution >= 4 is 16.7 Å². The van der Waals surface area contributed by atoms with Crippen LogP contribution in [0.3, 0.4) is 0 Å².